The molecule has 4 heteroatoms. The van der Waals surface area contributed by atoms with Crippen LogP contribution in [0.1, 0.15) is 15.9 Å². The lowest BCUT2D eigenvalue weighted by atomic mass is 10.1. The Morgan fingerprint density at radius 1 is 1.20 bits per heavy atom. The molecule has 0 saturated heterocycles. The Balaban J connectivity index is 1.77. The van der Waals surface area contributed by atoms with Crippen LogP contribution in [0.4, 0.5) is 4.39 Å². The van der Waals surface area contributed by atoms with Gasteiger partial charge in [0.1, 0.15) is 18.2 Å². The molecule has 0 saturated carbocycles. The van der Waals surface area contributed by atoms with Gasteiger partial charge in [-0.1, -0.05) is 23.8 Å². The molecule has 0 radical (unpaired) electrons. The molecule has 2 aromatic carbocycles. The summed E-state index contributed by atoms with van der Waals surface area (Å²) in [6.07, 6.45) is 0. The van der Waals surface area contributed by atoms with E-state index in [-0.39, 0.29) is 11.7 Å². The first-order valence-electron chi connectivity index (χ1n) is 6.38. The van der Waals surface area contributed by atoms with E-state index >= 15 is 0 Å². The van der Waals surface area contributed by atoms with Crippen LogP contribution in [0, 0.1) is 12.7 Å². The van der Waals surface area contributed by atoms with Crippen LogP contribution >= 0.6 is 0 Å². The van der Waals surface area contributed by atoms with Crippen molar-refractivity contribution in [2.45, 2.75) is 6.92 Å². The number of nitrogens with one attached hydrogen (secondary N) is 1. The van der Waals surface area contributed by atoms with Crippen LogP contribution in [0.15, 0.2) is 48.5 Å². The highest BCUT2D eigenvalue weighted by atomic mass is 19.1. The van der Waals surface area contributed by atoms with Crippen molar-refractivity contribution in [3.05, 3.63) is 65.5 Å². The molecule has 0 aromatic heterocycles. The molecule has 1 N–H and O–H groups in total. The van der Waals surface area contributed by atoms with Crippen molar-refractivity contribution in [3.8, 4) is 5.75 Å². The van der Waals surface area contributed by atoms with Crippen molar-refractivity contribution in [2.75, 3.05) is 13.2 Å². The van der Waals surface area contributed by atoms with E-state index < -0.39 is 0 Å². The molecular weight excluding hydrogens is 257 g/mol. The second-order valence-corrected chi connectivity index (χ2v) is 4.43. The molecule has 3 nitrogen and oxygen atoms in total. The highest BCUT2D eigenvalue weighted by Gasteiger charge is 2.04. The summed E-state index contributed by atoms with van der Waals surface area (Å²) in [5.74, 6) is -0.0300. The van der Waals surface area contributed by atoms with E-state index in [1.54, 1.807) is 18.2 Å². The largest absolute Gasteiger partial charge is 0.492 e. The van der Waals surface area contributed by atoms with E-state index in [1.807, 2.05) is 25.1 Å². The SMILES string of the molecule is Cc1cccc(C(=O)NCCOc2cccc(F)c2)c1. The Kier molecular flexibility index (Phi) is 4.71. The molecule has 0 unspecified atom stereocenters. The summed E-state index contributed by atoms with van der Waals surface area (Å²) in [5, 5.41) is 2.75. The van der Waals surface area contributed by atoms with Crippen molar-refractivity contribution >= 4 is 5.91 Å². The summed E-state index contributed by atoms with van der Waals surface area (Å²) >= 11 is 0. The smallest absolute Gasteiger partial charge is 0.251 e. The fraction of sp³-hybridized carbons (Fsp3) is 0.188. The van der Waals surface area contributed by atoms with Crippen molar-refractivity contribution < 1.29 is 13.9 Å². The second-order valence-electron chi connectivity index (χ2n) is 4.43. The summed E-state index contributed by atoms with van der Waals surface area (Å²) in [5.41, 5.74) is 1.66. The van der Waals surface area contributed by atoms with Gasteiger partial charge in [0.05, 0.1) is 6.54 Å². The molecule has 0 aliphatic heterocycles. The number of rotatable bonds is 5. The minimum atomic E-state index is -0.341. The van der Waals surface area contributed by atoms with E-state index in [0.717, 1.165) is 5.56 Å². The number of ether oxygens (including phenoxy) is 1. The van der Waals surface area contributed by atoms with Gasteiger partial charge in [-0.05, 0) is 31.2 Å². The molecule has 0 spiro atoms. The van der Waals surface area contributed by atoms with Crippen LogP contribution in [-0.2, 0) is 0 Å². The van der Waals surface area contributed by atoms with Crippen LogP contribution in [0.2, 0.25) is 0 Å². The molecule has 1 amide bonds. The minimum Gasteiger partial charge on any atom is -0.492 e. The van der Waals surface area contributed by atoms with Gasteiger partial charge in [0.2, 0.25) is 0 Å². The molecule has 104 valence electrons. The van der Waals surface area contributed by atoms with Crippen LogP contribution in [0.5, 0.6) is 5.75 Å². The maximum Gasteiger partial charge on any atom is 0.251 e. The zero-order chi connectivity index (χ0) is 14.4. The van der Waals surface area contributed by atoms with Gasteiger partial charge in [-0.3, -0.25) is 4.79 Å². The lowest BCUT2D eigenvalue weighted by molar-refractivity contribution is 0.0947. The monoisotopic (exact) mass is 273 g/mol. The van der Waals surface area contributed by atoms with Crippen molar-refractivity contribution in [3.63, 3.8) is 0 Å². The van der Waals surface area contributed by atoms with Crippen molar-refractivity contribution in [1.82, 2.24) is 5.32 Å². The molecule has 0 heterocycles. The zero-order valence-electron chi connectivity index (χ0n) is 11.2. The normalized spacial score (nSPS) is 10.1. The topological polar surface area (TPSA) is 38.3 Å². The van der Waals surface area contributed by atoms with Gasteiger partial charge in [0.25, 0.3) is 5.91 Å². The van der Waals surface area contributed by atoms with Crippen LogP contribution in [-0.4, -0.2) is 19.1 Å². The first kappa shape index (κ1) is 14.1. The average molecular weight is 273 g/mol. The van der Waals surface area contributed by atoms with Gasteiger partial charge >= 0.3 is 0 Å². The molecule has 0 fully saturated rings. The van der Waals surface area contributed by atoms with E-state index in [9.17, 15) is 9.18 Å². The van der Waals surface area contributed by atoms with Crippen molar-refractivity contribution in [2.24, 2.45) is 0 Å². The maximum absolute atomic E-state index is 12.9. The molecule has 0 aliphatic rings. The molecule has 0 bridgehead atoms. The number of carbonyl (C=O) groups is 1. The molecule has 20 heavy (non-hydrogen) atoms. The number of amides is 1. The maximum atomic E-state index is 12.9. The summed E-state index contributed by atoms with van der Waals surface area (Å²) in [6.45, 7) is 2.59. The fourth-order valence-electron chi connectivity index (χ4n) is 1.78. The van der Waals surface area contributed by atoms with Crippen LogP contribution in [0.3, 0.4) is 0 Å². The van der Waals surface area contributed by atoms with Crippen molar-refractivity contribution in [1.29, 1.82) is 0 Å². The lowest BCUT2D eigenvalue weighted by Crippen LogP contribution is -2.28. The minimum absolute atomic E-state index is 0.142. The standard InChI is InChI=1S/C16H16FNO2/c1-12-4-2-5-13(10-12)16(19)18-8-9-20-15-7-3-6-14(17)11-15/h2-7,10-11H,8-9H2,1H3,(H,18,19). The van der Waals surface area contributed by atoms with E-state index in [4.69, 9.17) is 4.74 Å². The Morgan fingerprint density at radius 2 is 2.00 bits per heavy atom. The van der Waals surface area contributed by atoms with Gasteiger partial charge in [-0.15, -0.1) is 0 Å². The highest BCUT2D eigenvalue weighted by molar-refractivity contribution is 5.94. The number of hydrogen-bond acceptors (Lipinski definition) is 2. The zero-order valence-corrected chi connectivity index (χ0v) is 11.2. The summed E-state index contributed by atoms with van der Waals surface area (Å²) in [6, 6.07) is 13.3. The molecule has 0 atom stereocenters. The first-order chi connectivity index (χ1) is 9.65. The van der Waals surface area contributed by atoms with Gasteiger partial charge < -0.3 is 10.1 Å². The third-order valence-corrected chi connectivity index (χ3v) is 2.73. The third-order valence-electron chi connectivity index (χ3n) is 2.73. The third kappa shape index (κ3) is 4.09. The Morgan fingerprint density at radius 3 is 2.75 bits per heavy atom. The Hall–Kier alpha value is -2.36. The van der Waals surface area contributed by atoms with Crippen LogP contribution in [0.25, 0.3) is 0 Å². The van der Waals surface area contributed by atoms with E-state index in [2.05, 4.69) is 5.32 Å². The number of carbonyl (C=O) groups excluding carboxylic acids is 1. The Bertz CT molecular complexity index is 599. The molecular formula is C16H16FNO2. The van der Waals surface area contributed by atoms with Gasteiger partial charge in [0.15, 0.2) is 0 Å². The number of benzene rings is 2. The van der Waals surface area contributed by atoms with Gasteiger partial charge in [-0.25, -0.2) is 4.39 Å². The van der Waals surface area contributed by atoms with Gasteiger partial charge in [0, 0.05) is 11.6 Å². The molecule has 0 aliphatic carbocycles. The summed E-state index contributed by atoms with van der Waals surface area (Å²) in [4.78, 5) is 11.8. The first-order valence-corrected chi connectivity index (χ1v) is 6.38. The van der Waals surface area contributed by atoms with E-state index in [1.165, 1.54) is 12.1 Å². The highest BCUT2D eigenvalue weighted by Crippen LogP contribution is 2.11. The van der Waals surface area contributed by atoms with Gasteiger partial charge in [-0.2, -0.15) is 0 Å². The number of halogens is 1. The number of aryl methyl sites for hydroxylation is 1. The summed E-state index contributed by atoms with van der Waals surface area (Å²) < 4.78 is 18.3. The summed E-state index contributed by atoms with van der Waals surface area (Å²) in [7, 11) is 0. The predicted octanol–water partition coefficient (Wildman–Crippen LogP) is 2.94. The quantitative estimate of drug-likeness (QED) is 0.851. The van der Waals surface area contributed by atoms with Crippen LogP contribution < -0.4 is 10.1 Å². The number of hydrogen-bond donors (Lipinski definition) is 1. The predicted molar refractivity (Wildman–Crippen MR) is 75.4 cm³/mol. The molecule has 2 aromatic rings. The van der Waals surface area contributed by atoms with E-state index in [0.29, 0.717) is 24.5 Å². The second kappa shape index (κ2) is 6.70. The fourth-order valence-corrected chi connectivity index (χ4v) is 1.78. The average Bonchev–Trinajstić information content (AvgIpc) is 2.43. The Labute approximate surface area is 117 Å². The molecule has 2 rings (SSSR count). The lowest BCUT2D eigenvalue weighted by Gasteiger charge is -2.08.